The number of aliphatic hydroxyl groups excluding tert-OH is 2. The quantitative estimate of drug-likeness (QED) is 0.261. The highest BCUT2D eigenvalue weighted by molar-refractivity contribution is 4.31. The van der Waals surface area contributed by atoms with Crippen molar-refractivity contribution in [1.82, 2.24) is 0 Å². The predicted octanol–water partition coefficient (Wildman–Crippen LogP) is -3.97. The molecule has 0 saturated carbocycles. The zero-order chi connectivity index (χ0) is 8.74. The van der Waals surface area contributed by atoms with E-state index in [4.69, 9.17) is 14.9 Å². The Kier molecular flexibility index (Phi) is 9.47. The normalized spacial score (nSPS) is 11.0. The van der Waals surface area contributed by atoms with Crippen LogP contribution in [0.4, 0.5) is 0 Å². The number of rotatable bonds is 6. The van der Waals surface area contributed by atoms with E-state index in [-0.39, 0.29) is 25.8 Å². The van der Waals surface area contributed by atoms with Gasteiger partial charge in [-0.1, -0.05) is 0 Å². The Bertz CT molecular complexity index is 101. The third-order valence-corrected chi connectivity index (χ3v) is 1.64. The number of nitrogens with zero attached hydrogens (tertiary/aromatic N) is 1. The average molecular weight is 200 g/mol. The number of hydrogen-bond donors (Lipinski definition) is 2. The van der Waals surface area contributed by atoms with Crippen LogP contribution in [0.2, 0.25) is 0 Å². The fourth-order valence-corrected chi connectivity index (χ4v) is 0.759. The maximum Gasteiger partial charge on any atom is 0.143 e. The van der Waals surface area contributed by atoms with Gasteiger partial charge in [-0.2, -0.15) is 0 Å². The van der Waals surface area contributed by atoms with Gasteiger partial charge in [0.25, 0.3) is 0 Å². The molecule has 76 valence electrons. The van der Waals surface area contributed by atoms with E-state index >= 15 is 0 Å². The van der Waals surface area contributed by atoms with E-state index in [0.29, 0.717) is 6.61 Å². The minimum absolute atomic E-state index is 0. The Morgan fingerprint density at radius 2 is 1.75 bits per heavy atom. The van der Waals surface area contributed by atoms with Crippen molar-refractivity contribution in [3.63, 3.8) is 0 Å². The third kappa shape index (κ3) is 8.23. The Labute approximate surface area is 79.8 Å². The minimum Gasteiger partial charge on any atom is -1.00 e. The maximum absolute atomic E-state index is 8.65. The molecule has 0 atom stereocenters. The monoisotopic (exact) mass is 199 g/mol. The second-order valence-corrected chi connectivity index (χ2v) is 3.14. The largest absolute Gasteiger partial charge is 1.00 e. The summed E-state index contributed by atoms with van der Waals surface area (Å²) in [6.45, 7) is 2.02. The van der Waals surface area contributed by atoms with Gasteiger partial charge in [0.2, 0.25) is 0 Å². The number of quaternary nitrogens is 1. The van der Waals surface area contributed by atoms with Gasteiger partial charge in [0.1, 0.15) is 19.9 Å². The molecule has 0 heterocycles. The highest BCUT2D eigenvalue weighted by atomic mass is 35.5. The molecule has 2 N–H and O–H groups in total. The molecule has 0 aromatic rings. The van der Waals surface area contributed by atoms with Crippen molar-refractivity contribution in [3.05, 3.63) is 0 Å². The minimum atomic E-state index is -0.223. The molecule has 0 spiro atoms. The van der Waals surface area contributed by atoms with Crippen molar-refractivity contribution in [2.75, 3.05) is 47.2 Å². The van der Waals surface area contributed by atoms with Gasteiger partial charge in [0.05, 0.1) is 27.3 Å². The molecule has 0 aliphatic carbocycles. The van der Waals surface area contributed by atoms with Gasteiger partial charge < -0.3 is 31.8 Å². The number of likely N-dealkylation sites (N-methyl/N-ethyl adjacent to an activating group) is 1. The van der Waals surface area contributed by atoms with Crippen molar-refractivity contribution < 1.29 is 31.8 Å². The van der Waals surface area contributed by atoms with Gasteiger partial charge in [-0.25, -0.2) is 0 Å². The van der Waals surface area contributed by atoms with E-state index in [0.717, 1.165) is 17.6 Å². The van der Waals surface area contributed by atoms with Crippen LogP contribution in [0.3, 0.4) is 0 Å². The molecule has 12 heavy (non-hydrogen) atoms. The standard InChI is InChI=1S/C7H18NO3.ClH/c1-8(2,3-5-9)4-6-11-7-10;/h9-10H,3-7H2,1-2H3;1H/q+1;/p-1. The Morgan fingerprint density at radius 3 is 2.17 bits per heavy atom. The summed E-state index contributed by atoms with van der Waals surface area (Å²) in [6.07, 6.45) is 0. The predicted molar refractivity (Wildman–Crippen MR) is 42.0 cm³/mol. The fraction of sp³-hybridized carbons (Fsp3) is 1.00. The zero-order valence-electron chi connectivity index (χ0n) is 7.66. The van der Waals surface area contributed by atoms with E-state index < -0.39 is 0 Å². The molecule has 0 rings (SSSR count). The van der Waals surface area contributed by atoms with E-state index in [1.807, 2.05) is 14.1 Å². The van der Waals surface area contributed by atoms with E-state index in [2.05, 4.69) is 0 Å². The van der Waals surface area contributed by atoms with Gasteiger partial charge >= 0.3 is 0 Å². The second kappa shape index (κ2) is 7.76. The number of ether oxygens (including phenoxy) is 1. The molecule has 0 aromatic heterocycles. The molecule has 0 unspecified atom stereocenters. The lowest BCUT2D eigenvalue weighted by Gasteiger charge is -2.28. The van der Waals surface area contributed by atoms with Crippen LogP contribution in [0.5, 0.6) is 0 Å². The molecule has 0 bridgehead atoms. The van der Waals surface area contributed by atoms with Crippen molar-refractivity contribution >= 4 is 0 Å². The first-order chi connectivity index (χ1) is 5.12. The molecule has 0 radical (unpaired) electrons. The van der Waals surface area contributed by atoms with Crippen LogP contribution in [0.25, 0.3) is 0 Å². The summed E-state index contributed by atoms with van der Waals surface area (Å²) >= 11 is 0. The second-order valence-electron chi connectivity index (χ2n) is 3.14. The van der Waals surface area contributed by atoms with Gasteiger partial charge in [0, 0.05) is 0 Å². The first-order valence-corrected chi connectivity index (χ1v) is 3.74. The maximum atomic E-state index is 8.65. The number of aliphatic hydroxyl groups is 2. The number of hydrogen-bond acceptors (Lipinski definition) is 3. The van der Waals surface area contributed by atoms with Crippen molar-refractivity contribution in [2.45, 2.75) is 0 Å². The summed E-state index contributed by atoms with van der Waals surface area (Å²) in [7, 11) is 4.02. The third-order valence-electron chi connectivity index (χ3n) is 1.64. The van der Waals surface area contributed by atoms with Crippen LogP contribution in [-0.4, -0.2) is 61.9 Å². The van der Waals surface area contributed by atoms with Crippen LogP contribution < -0.4 is 12.4 Å². The lowest BCUT2D eigenvalue weighted by molar-refractivity contribution is -0.891. The van der Waals surface area contributed by atoms with Crippen LogP contribution in [0.15, 0.2) is 0 Å². The lowest BCUT2D eigenvalue weighted by atomic mass is 10.4. The summed E-state index contributed by atoms with van der Waals surface area (Å²) in [6, 6.07) is 0. The highest BCUT2D eigenvalue weighted by Crippen LogP contribution is 1.94. The molecule has 0 aromatic carbocycles. The van der Waals surface area contributed by atoms with Crippen LogP contribution in [0, 0.1) is 0 Å². The van der Waals surface area contributed by atoms with E-state index in [9.17, 15) is 0 Å². The summed E-state index contributed by atoms with van der Waals surface area (Å²) in [4.78, 5) is 0. The summed E-state index contributed by atoms with van der Waals surface area (Å²) < 4.78 is 5.49. The Morgan fingerprint density at radius 1 is 1.17 bits per heavy atom. The van der Waals surface area contributed by atoms with Crippen LogP contribution in [0.1, 0.15) is 0 Å². The fourth-order valence-electron chi connectivity index (χ4n) is 0.759. The molecule has 0 amide bonds. The first-order valence-electron chi connectivity index (χ1n) is 3.74. The van der Waals surface area contributed by atoms with Crippen molar-refractivity contribution in [3.8, 4) is 0 Å². The van der Waals surface area contributed by atoms with Crippen molar-refractivity contribution in [2.24, 2.45) is 0 Å². The molecule has 4 nitrogen and oxygen atoms in total. The van der Waals surface area contributed by atoms with Gasteiger partial charge in [0.15, 0.2) is 0 Å². The average Bonchev–Trinajstić information content (AvgIpc) is 1.87. The van der Waals surface area contributed by atoms with Crippen LogP contribution >= 0.6 is 0 Å². The smallest absolute Gasteiger partial charge is 0.143 e. The molecular weight excluding hydrogens is 182 g/mol. The lowest BCUT2D eigenvalue weighted by Crippen LogP contribution is -3.00. The summed E-state index contributed by atoms with van der Waals surface area (Å²) in [5, 5.41) is 17.0. The van der Waals surface area contributed by atoms with Gasteiger partial charge in [-0.05, 0) is 0 Å². The topological polar surface area (TPSA) is 49.7 Å². The summed E-state index contributed by atoms with van der Waals surface area (Å²) in [5.74, 6) is 0. The van der Waals surface area contributed by atoms with E-state index in [1.54, 1.807) is 0 Å². The zero-order valence-corrected chi connectivity index (χ0v) is 8.42. The molecule has 0 saturated heterocycles. The molecular formula is C7H18ClNO3. The molecule has 0 aliphatic heterocycles. The Hall–Kier alpha value is 0.130. The highest BCUT2D eigenvalue weighted by Gasteiger charge is 2.12. The summed E-state index contributed by atoms with van der Waals surface area (Å²) in [5.41, 5.74) is 0. The van der Waals surface area contributed by atoms with Crippen molar-refractivity contribution in [1.29, 1.82) is 0 Å². The number of halogens is 1. The molecule has 5 heteroatoms. The first kappa shape index (κ1) is 14.6. The van der Waals surface area contributed by atoms with E-state index in [1.165, 1.54) is 0 Å². The molecule has 0 aliphatic rings. The Balaban J connectivity index is 0. The SMILES string of the molecule is C[N+](C)(CCO)CCOCO.[Cl-]. The van der Waals surface area contributed by atoms with Gasteiger partial charge in [-0.15, -0.1) is 0 Å². The molecule has 0 fully saturated rings. The van der Waals surface area contributed by atoms with Gasteiger partial charge in [-0.3, -0.25) is 0 Å². The van der Waals surface area contributed by atoms with Crippen LogP contribution in [-0.2, 0) is 4.74 Å².